The van der Waals surface area contributed by atoms with E-state index in [2.05, 4.69) is 26.0 Å². The summed E-state index contributed by atoms with van der Waals surface area (Å²) in [6, 6.07) is 10.6. The van der Waals surface area contributed by atoms with Crippen LogP contribution < -0.4 is 15.4 Å². The van der Waals surface area contributed by atoms with Crippen molar-refractivity contribution in [3.05, 3.63) is 58.1 Å². The zero-order valence-corrected chi connectivity index (χ0v) is 14.2. The average Bonchev–Trinajstić information content (AvgIpc) is 2.52. The van der Waals surface area contributed by atoms with Gasteiger partial charge >= 0.3 is 13.2 Å². The quantitative estimate of drug-likeness (QED) is 0.507. The molecule has 2 aromatic carbocycles. The van der Waals surface area contributed by atoms with Gasteiger partial charge in [-0.05, 0) is 24.3 Å². The Hall–Kier alpha value is -2.29. The Labute approximate surface area is 149 Å². The number of benzene rings is 2. The molecule has 0 aromatic heterocycles. The molecule has 2 N–H and O–H groups in total. The van der Waals surface area contributed by atoms with Crippen LogP contribution in [0.5, 0.6) is 5.75 Å². The molecule has 0 spiro atoms. The van der Waals surface area contributed by atoms with Crippen molar-refractivity contribution in [3.8, 4) is 5.75 Å². The highest BCUT2D eigenvalue weighted by molar-refractivity contribution is 9.10. The molecule has 2 rings (SSSR count). The van der Waals surface area contributed by atoms with E-state index < -0.39 is 19.1 Å². The molecule has 0 saturated carbocycles. The third-order valence-corrected chi connectivity index (χ3v) is 3.62. The Morgan fingerprint density at radius 3 is 2.52 bits per heavy atom. The van der Waals surface area contributed by atoms with E-state index in [9.17, 15) is 22.4 Å². The molecule has 0 atom stereocenters. The van der Waals surface area contributed by atoms with E-state index in [0.717, 1.165) is 0 Å². The SMILES string of the molecule is O=C(NC(F)F)c1ccc(Br)cc1NCc1ccccc1OC(F)F. The highest BCUT2D eigenvalue weighted by atomic mass is 79.9. The number of nitrogens with one attached hydrogen (secondary N) is 2. The summed E-state index contributed by atoms with van der Waals surface area (Å²) in [5.41, 5.74) is 0.679. The minimum Gasteiger partial charge on any atom is -0.434 e. The summed E-state index contributed by atoms with van der Waals surface area (Å²) in [5.74, 6) is -0.972. The molecule has 9 heteroatoms. The molecule has 0 unspecified atom stereocenters. The van der Waals surface area contributed by atoms with E-state index in [4.69, 9.17) is 0 Å². The van der Waals surface area contributed by atoms with Crippen LogP contribution in [0.15, 0.2) is 46.9 Å². The number of amides is 1. The molecular weight excluding hydrogens is 408 g/mol. The Balaban J connectivity index is 2.21. The molecular formula is C16H13BrF4N2O2. The maximum absolute atomic E-state index is 12.4. The first kappa shape index (κ1) is 19.0. The summed E-state index contributed by atoms with van der Waals surface area (Å²) in [7, 11) is 0. The van der Waals surface area contributed by atoms with Gasteiger partial charge in [-0.2, -0.15) is 17.6 Å². The number of hydrogen-bond donors (Lipinski definition) is 2. The van der Waals surface area contributed by atoms with Gasteiger partial charge in [-0.25, -0.2) is 0 Å². The lowest BCUT2D eigenvalue weighted by Gasteiger charge is -2.15. The van der Waals surface area contributed by atoms with E-state index in [0.29, 0.717) is 10.0 Å². The Bertz CT molecular complexity index is 744. The van der Waals surface area contributed by atoms with Crippen molar-refractivity contribution >= 4 is 27.5 Å². The smallest absolute Gasteiger partial charge is 0.387 e. The number of para-hydroxylation sites is 1. The summed E-state index contributed by atoms with van der Waals surface area (Å²) in [6.07, 6.45) is 0. The summed E-state index contributed by atoms with van der Waals surface area (Å²) in [5, 5.41) is 4.38. The van der Waals surface area contributed by atoms with Crippen molar-refractivity contribution in [1.82, 2.24) is 5.32 Å². The minimum atomic E-state index is -3.00. The van der Waals surface area contributed by atoms with Gasteiger partial charge in [0.2, 0.25) is 0 Å². The first-order chi connectivity index (χ1) is 11.9. The first-order valence-electron chi connectivity index (χ1n) is 7.02. The lowest BCUT2D eigenvalue weighted by molar-refractivity contribution is -0.0504. The average molecular weight is 421 g/mol. The van der Waals surface area contributed by atoms with Crippen molar-refractivity contribution < 1.29 is 27.1 Å². The van der Waals surface area contributed by atoms with Crippen LogP contribution in [-0.2, 0) is 6.54 Å². The molecule has 2 aromatic rings. The molecule has 0 aliphatic carbocycles. The predicted octanol–water partition coefficient (Wildman–Crippen LogP) is 4.62. The third-order valence-electron chi connectivity index (χ3n) is 3.12. The number of halogens is 5. The van der Waals surface area contributed by atoms with Gasteiger partial charge in [0.25, 0.3) is 5.91 Å². The van der Waals surface area contributed by atoms with Gasteiger partial charge in [0.1, 0.15) is 5.75 Å². The Morgan fingerprint density at radius 2 is 1.84 bits per heavy atom. The first-order valence-corrected chi connectivity index (χ1v) is 7.81. The number of carbonyl (C=O) groups excluding carboxylic acids is 1. The van der Waals surface area contributed by atoms with Crippen LogP contribution in [0, 0.1) is 0 Å². The predicted molar refractivity (Wildman–Crippen MR) is 88.0 cm³/mol. The van der Waals surface area contributed by atoms with Gasteiger partial charge in [0.15, 0.2) is 0 Å². The van der Waals surface area contributed by atoms with Crippen molar-refractivity contribution in [2.75, 3.05) is 5.32 Å². The monoisotopic (exact) mass is 420 g/mol. The normalized spacial score (nSPS) is 10.8. The van der Waals surface area contributed by atoms with Crippen LogP contribution in [-0.4, -0.2) is 19.1 Å². The molecule has 0 aliphatic heterocycles. The number of alkyl halides is 4. The van der Waals surface area contributed by atoms with Crippen molar-refractivity contribution in [2.24, 2.45) is 0 Å². The Morgan fingerprint density at radius 1 is 1.12 bits per heavy atom. The van der Waals surface area contributed by atoms with Gasteiger partial charge < -0.3 is 10.1 Å². The van der Waals surface area contributed by atoms with Crippen molar-refractivity contribution in [2.45, 2.75) is 19.7 Å². The van der Waals surface area contributed by atoms with Crippen LogP contribution in [0.2, 0.25) is 0 Å². The lowest BCUT2D eigenvalue weighted by Crippen LogP contribution is -2.29. The minimum absolute atomic E-state index is 0.00393. The van der Waals surface area contributed by atoms with E-state index in [1.807, 2.05) is 0 Å². The number of anilines is 1. The molecule has 0 saturated heterocycles. The van der Waals surface area contributed by atoms with Crippen LogP contribution in [0.25, 0.3) is 0 Å². The number of carbonyl (C=O) groups is 1. The van der Waals surface area contributed by atoms with E-state index >= 15 is 0 Å². The molecule has 0 bridgehead atoms. The van der Waals surface area contributed by atoms with Crippen molar-refractivity contribution in [3.63, 3.8) is 0 Å². The summed E-state index contributed by atoms with van der Waals surface area (Å²) >= 11 is 3.23. The molecule has 0 radical (unpaired) electrons. The summed E-state index contributed by atoms with van der Waals surface area (Å²) in [4.78, 5) is 11.8. The standard InChI is InChI=1S/C16H13BrF4N2O2/c17-10-5-6-11(14(24)23-15(18)19)12(7-10)22-8-9-3-1-2-4-13(9)25-16(20)21/h1-7,15-16,22H,8H2,(H,23,24). The summed E-state index contributed by atoms with van der Waals surface area (Å²) in [6.45, 7) is -5.92. The largest absolute Gasteiger partial charge is 0.434 e. The van der Waals surface area contributed by atoms with E-state index in [-0.39, 0.29) is 23.5 Å². The molecule has 134 valence electrons. The van der Waals surface area contributed by atoms with Crippen LogP contribution in [0.3, 0.4) is 0 Å². The molecule has 0 aliphatic rings. The van der Waals surface area contributed by atoms with Gasteiger partial charge in [0.05, 0.1) is 5.56 Å². The fourth-order valence-electron chi connectivity index (χ4n) is 2.09. The maximum Gasteiger partial charge on any atom is 0.387 e. The maximum atomic E-state index is 12.4. The van der Waals surface area contributed by atoms with Gasteiger partial charge in [0, 0.05) is 22.3 Å². The van der Waals surface area contributed by atoms with Crippen LogP contribution >= 0.6 is 15.9 Å². The summed E-state index contributed by atoms with van der Waals surface area (Å²) < 4.78 is 54.6. The molecule has 0 fully saturated rings. The number of ether oxygens (including phenoxy) is 1. The fourth-order valence-corrected chi connectivity index (χ4v) is 2.45. The third kappa shape index (κ3) is 5.63. The van der Waals surface area contributed by atoms with Crippen LogP contribution in [0.1, 0.15) is 15.9 Å². The zero-order chi connectivity index (χ0) is 18.4. The van der Waals surface area contributed by atoms with E-state index in [1.54, 1.807) is 18.2 Å². The van der Waals surface area contributed by atoms with E-state index in [1.165, 1.54) is 29.6 Å². The molecule has 4 nitrogen and oxygen atoms in total. The fraction of sp³-hybridized carbons (Fsp3) is 0.188. The lowest BCUT2D eigenvalue weighted by atomic mass is 10.1. The Kier molecular flexibility index (Phi) is 6.63. The second-order valence-electron chi connectivity index (χ2n) is 4.80. The van der Waals surface area contributed by atoms with Crippen molar-refractivity contribution in [1.29, 1.82) is 0 Å². The second kappa shape index (κ2) is 8.70. The second-order valence-corrected chi connectivity index (χ2v) is 5.72. The number of hydrogen-bond acceptors (Lipinski definition) is 3. The highest BCUT2D eigenvalue weighted by Crippen LogP contribution is 2.25. The highest BCUT2D eigenvalue weighted by Gasteiger charge is 2.16. The van der Waals surface area contributed by atoms with Gasteiger partial charge in [-0.15, -0.1) is 0 Å². The number of rotatable bonds is 7. The molecule has 25 heavy (non-hydrogen) atoms. The van der Waals surface area contributed by atoms with Crippen LogP contribution in [0.4, 0.5) is 23.2 Å². The molecule has 0 heterocycles. The topological polar surface area (TPSA) is 50.4 Å². The van der Waals surface area contributed by atoms with Gasteiger partial charge in [-0.3, -0.25) is 10.1 Å². The zero-order valence-electron chi connectivity index (χ0n) is 12.6. The van der Waals surface area contributed by atoms with Gasteiger partial charge in [-0.1, -0.05) is 34.1 Å². The molecule has 1 amide bonds.